The van der Waals surface area contributed by atoms with Gasteiger partial charge >= 0.3 is 5.97 Å². The van der Waals surface area contributed by atoms with Crippen LogP contribution in [0.1, 0.15) is 39.5 Å². The highest BCUT2D eigenvalue weighted by atomic mass is 35.5. The van der Waals surface area contributed by atoms with Gasteiger partial charge in [-0.25, -0.2) is 9.18 Å². The van der Waals surface area contributed by atoms with Gasteiger partial charge in [0.1, 0.15) is 21.6 Å². The second kappa shape index (κ2) is 8.48. The van der Waals surface area contributed by atoms with E-state index in [1.54, 1.807) is 24.3 Å². The summed E-state index contributed by atoms with van der Waals surface area (Å²) >= 11 is 14.7. The maximum atomic E-state index is 13.9. The van der Waals surface area contributed by atoms with Crippen molar-refractivity contribution in [2.24, 2.45) is 11.8 Å². The summed E-state index contributed by atoms with van der Waals surface area (Å²) in [5, 5.41) is 0. The third-order valence-electron chi connectivity index (χ3n) is 7.86. The summed E-state index contributed by atoms with van der Waals surface area (Å²) in [5.41, 5.74) is 2.77. The highest BCUT2D eigenvalue weighted by Gasteiger charge is 2.73. The van der Waals surface area contributed by atoms with Crippen LogP contribution in [0.3, 0.4) is 0 Å². The molecule has 4 aliphatic rings. The summed E-state index contributed by atoms with van der Waals surface area (Å²) in [7, 11) is 0. The molecule has 6 nitrogen and oxygen atoms in total. The molecule has 3 aromatic rings. The van der Waals surface area contributed by atoms with Crippen molar-refractivity contribution >= 4 is 46.8 Å². The molecule has 3 atom stereocenters. The molecule has 0 N–H and O–H groups in total. The van der Waals surface area contributed by atoms with Crippen LogP contribution in [-0.2, 0) is 28.9 Å². The summed E-state index contributed by atoms with van der Waals surface area (Å²) < 4.78 is 18.3. The fourth-order valence-electron chi connectivity index (χ4n) is 6.15. The Kier molecular flexibility index (Phi) is 5.53. The molecule has 9 heteroatoms. The maximum absolute atomic E-state index is 13.9. The van der Waals surface area contributed by atoms with Gasteiger partial charge in [-0.2, -0.15) is 0 Å². The number of amides is 2. The maximum Gasteiger partial charge on any atom is 0.329 e. The van der Waals surface area contributed by atoms with Crippen LogP contribution in [0, 0.1) is 17.7 Å². The molecule has 0 spiro atoms. The van der Waals surface area contributed by atoms with E-state index in [0.717, 1.165) is 17.0 Å². The Morgan fingerprint density at radius 1 is 0.842 bits per heavy atom. The first-order valence-electron chi connectivity index (χ1n) is 12.0. The largest absolute Gasteiger partial charge is 0.456 e. The summed E-state index contributed by atoms with van der Waals surface area (Å²) in [6.07, 6.45) is 0. The Labute approximate surface area is 227 Å². The molecule has 0 unspecified atom stereocenters. The van der Waals surface area contributed by atoms with Gasteiger partial charge in [-0.15, -0.1) is 23.2 Å². The molecule has 0 radical (unpaired) electrons. The monoisotopic (exact) mass is 551 g/mol. The number of ether oxygens (including phenoxy) is 1. The van der Waals surface area contributed by atoms with E-state index < -0.39 is 63.6 Å². The Hall–Kier alpha value is -3.55. The number of carbonyl (C=O) groups is 4. The van der Waals surface area contributed by atoms with Crippen LogP contribution in [0.4, 0.5) is 4.39 Å². The standard InChI is InChI=1S/C29H20Cl2FNO5/c1-15(27(37)38-14-22(34)16-10-12-17(32)13-11-16)33-25(35)23-24(26(33)36)29(31)19-7-3-2-6-18(19)28(23,30)20-8-4-5-9-21(20)29/h2-13,15,23-24H,14H2,1H3/t15-,23+,24+,28?,29?/m1/s1. The van der Waals surface area contributed by atoms with Crippen LogP contribution in [0.25, 0.3) is 0 Å². The minimum atomic E-state index is -1.36. The second-order valence-corrected chi connectivity index (χ2v) is 10.9. The number of halogens is 3. The average molecular weight is 552 g/mol. The van der Waals surface area contributed by atoms with Crippen LogP contribution in [0.5, 0.6) is 0 Å². The van der Waals surface area contributed by atoms with Gasteiger partial charge in [0.05, 0.1) is 11.8 Å². The Morgan fingerprint density at radius 3 is 1.68 bits per heavy atom. The molecular weight excluding hydrogens is 532 g/mol. The van der Waals surface area contributed by atoms with Crippen molar-refractivity contribution < 1.29 is 28.3 Å². The lowest BCUT2D eigenvalue weighted by atomic mass is 9.54. The summed E-state index contributed by atoms with van der Waals surface area (Å²) in [6, 6.07) is 17.9. The van der Waals surface area contributed by atoms with Crippen molar-refractivity contribution in [3.63, 3.8) is 0 Å². The van der Waals surface area contributed by atoms with Crippen LogP contribution in [0.15, 0.2) is 72.8 Å². The van der Waals surface area contributed by atoms with E-state index in [1.807, 2.05) is 24.3 Å². The van der Waals surface area contributed by atoms with E-state index in [0.29, 0.717) is 22.3 Å². The lowest BCUT2D eigenvalue weighted by Gasteiger charge is -2.54. The Bertz CT molecular complexity index is 1420. The SMILES string of the molecule is C[C@H](C(=O)OCC(=O)c1ccc(F)cc1)N1C(=O)[C@@H]2[C@@H](C1=O)C1(Cl)c3ccccc3C2(Cl)c2ccccc21. The molecule has 1 fully saturated rings. The third-order valence-corrected chi connectivity index (χ3v) is 9.14. The number of likely N-dealkylation sites (tertiary alicyclic amines) is 1. The first kappa shape index (κ1) is 24.8. The minimum Gasteiger partial charge on any atom is -0.456 e. The van der Waals surface area contributed by atoms with E-state index in [2.05, 4.69) is 0 Å². The van der Waals surface area contributed by atoms with Crippen molar-refractivity contribution in [2.75, 3.05) is 6.61 Å². The van der Waals surface area contributed by atoms with Gasteiger partial charge < -0.3 is 4.74 Å². The highest BCUT2D eigenvalue weighted by Crippen LogP contribution is 2.69. The topological polar surface area (TPSA) is 80.8 Å². The van der Waals surface area contributed by atoms with Crippen molar-refractivity contribution in [1.29, 1.82) is 0 Å². The molecule has 0 aromatic heterocycles. The first-order valence-corrected chi connectivity index (χ1v) is 12.8. The quantitative estimate of drug-likeness (QED) is 0.201. The number of alkyl halides is 2. The molecule has 3 aliphatic carbocycles. The smallest absolute Gasteiger partial charge is 0.329 e. The lowest BCUT2D eigenvalue weighted by molar-refractivity contribution is -0.157. The van der Waals surface area contributed by atoms with Gasteiger partial charge in [0.25, 0.3) is 0 Å². The molecule has 2 amide bonds. The number of carbonyl (C=O) groups excluding carboxylic acids is 4. The molecule has 3 aromatic carbocycles. The fourth-order valence-corrected chi connectivity index (χ4v) is 7.25. The van der Waals surface area contributed by atoms with Crippen molar-refractivity contribution in [2.45, 2.75) is 22.7 Å². The fraction of sp³-hybridized carbons (Fsp3) is 0.241. The van der Waals surface area contributed by atoms with Gasteiger partial charge in [0, 0.05) is 5.56 Å². The van der Waals surface area contributed by atoms with Crippen LogP contribution >= 0.6 is 23.2 Å². The number of rotatable bonds is 5. The normalized spacial score (nSPS) is 27.4. The van der Waals surface area contributed by atoms with E-state index in [1.165, 1.54) is 19.1 Å². The number of imide groups is 1. The second-order valence-electron chi connectivity index (χ2n) is 9.73. The number of esters is 1. The zero-order valence-electron chi connectivity index (χ0n) is 20.0. The van der Waals surface area contributed by atoms with Gasteiger partial charge in [0.15, 0.2) is 12.4 Å². The van der Waals surface area contributed by atoms with Crippen molar-refractivity contribution in [1.82, 2.24) is 4.90 Å². The summed E-state index contributed by atoms with van der Waals surface area (Å²) in [5.74, 6) is -5.34. The predicted molar refractivity (Wildman–Crippen MR) is 136 cm³/mol. The molecule has 0 saturated carbocycles. The van der Waals surface area contributed by atoms with E-state index in [9.17, 15) is 23.6 Å². The van der Waals surface area contributed by atoms with Gasteiger partial charge in [-0.05, 0) is 53.4 Å². The lowest BCUT2D eigenvalue weighted by Crippen LogP contribution is -2.57. The number of nitrogens with zero attached hydrogens (tertiary/aromatic N) is 1. The van der Waals surface area contributed by atoms with E-state index in [-0.39, 0.29) is 5.56 Å². The zero-order chi connectivity index (χ0) is 27.0. The summed E-state index contributed by atoms with van der Waals surface area (Å²) in [6.45, 7) is 0.732. The number of benzene rings is 3. The molecule has 2 bridgehead atoms. The zero-order valence-corrected chi connectivity index (χ0v) is 21.5. The Balaban J connectivity index is 1.33. The van der Waals surface area contributed by atoms with Crippen LogP contribution in [0.2, 0.25) is 0 Å². The summed E-state index contributed by atoms with van der Waals surface area (Å²) in [4.78, 5) is 51.3. The molecule has 38 heavy (non-hydrogen) atoms. The van der Waals surface area contributed by atoms with Gasteiger partial charge in [0.2, 0.25) is 11.8 Å². The number of hydrogen-bond donors (Lipinski definition) is 0. The van der Waals surface area contributed by atoms with E-state index in [4.69, 9.17) is 27.9 Å². The number of ketones is 1. The average Bonchev–Trinajstić information content (AvgIpc) is 3.21. The molecule has 192 valence electrons. The third kappa shape index (κ3) is 3.12. The van der Waals surface area contributed by atoms with Crippen LogP contribution in [-0.4, -0.2) is 41.1 Å². The van der Waals surface area contributed by atoms with E-state index >= 15 is 0 Å². The van der Waals surface area contributed by atoms with Crippen LogP contribution < -0.4 is 0 Å². The van der Waals surface area contributed by atoms with Crippen molar-refractivity contribution in [3.05, 3.63) is 106 Å². The minimum absolute atomic E-state index is 0.159. The Morgan fingerprint density at radius 2 is 1.26 bits per heavy atom. The van der Waals surface area contributed by atoms with Gasteiger partial charge in [-0.1, -0.05) is 48.5 Å². The number of hydrogen-bond acceptors (Lipinski definition) is 5. The molecule has 7 rings (SSSR count). The predicted octanol–water partition coefficient (Wildman–Crippen LogP) is 4.53. The number of Topliss-reactive ketones (excluding diaryl/α,β-unsaturated/α-hetero) is 1. The molecule has 1 heterocycles. The highest BCUT2D eigenvalue weighted by molar-refractivity contribution is 6.36. The molecular formula is C29H20Cl2FNO5. The molecule has 1 saturated heterocycles. The molecule has 1 aliphatic heterocycles. The van der Waals surface area contributed by atoms with Crippen molar-refractivity contribution in [3.8, 4) is 0 Å². The first-order chi connectivity index (χ1) is 18.1. The van der Waals surface area contributed by atoms with Gasteiger partial charge in [-0.3, -0.25) is 19.3 Å².